The Morgan fingerprint density at radius 2 is 1.87 bits per heavy atom. The molecule has 0 saturated carbocycles. The largest absolute Gasteiger partial charge is 0.444 e. The number of guanidine groups is 1. The number of hydrogen-bond acceptors (Lipinski definition) is 4. The van der Waals surface area contributed by atoms with Crippen LogP contribution in [0.15, 0.2) is 70.3 Å². The lowest BCUT2D eigenvalue weighted by molar-refractivity contribution is -0.119. The third-order valence-electron chi connectivity index (χ3n) is 4.95. The Morgan fingerprint density at radius 1 is 1.10 bits per heavy atom. The van der Waals surface area contributed by atoms with Gasteiger partial charge in [-0.2, -0.15) is 0 Å². The summed E-state index contributed by atoms with van der Waals surface area (Å²) in [5.41, 5.74) is 3.56. The molecule has 0 aliphatic carbocycles. The monoisotopic (exact) mass is 419 g/mol. The topological polar surface area (TPSA) is 91.5 Å². The molecule has 0 saturated heterocycles. The van der Waals surface area contributed by atoms with Gasteiger partial charge in [0.15, 0.2) is 5.96 Å². The maximum Gasteiger partial charge on any atom is 0.227 e. The van der Waals surface area contributed by atoms with Gasteiger partial charge < -0.3 is 20.4 Å². The number of hydrogen-bond donors (Lipinski definition) is 3. The Kier molecular flexibility index (Phi) is 7.81. The fraction of sp³-hybridized carbons (Fsp3) is 0.292. The Balaban J connectivity index is 1.51. The molecule has 0 radical (unpaired) electrons. The van der Waals surface area contributed by atoms with E-state index in [2.05, 4.69) is 25.9 Å². The third kappa shape index (κ3) is 6.44. The van der Waals surface area contributed by atoms with Crippen molar-refractivity contribution in [1.29, 1.82) is 0 Å². The molecule has 7 heteroatoms. The van der Waals surface area contributed by atoms with Gasteiger partial charge in [0.1, 0.15) is 6.26 Å². The number of amides is 1. The second-order valence-electron chi connectivity index (χ2n) is 7.29. The minimum absolute atomic E-state index is 0.0104. The Hall–Kier alpha value is -3.61. The second kappa shape index (κ2) is 11.0. The summed E-state index contributed by atoms with van der Waals surface area (Å²) in [7, 11) is 1.72. The Morgan fingerprint density at radius 3 is 2.61 bits per heavy atom. The quantitative estimate of drug-likeness (QED) is 0.376. The van der Waals surface area contributed by atoms with Gasteiger partial charge in [-0.15, -0.1) is 0 Å². The Bertz CT molecular complexity index is 1010. The SMILES string of the molecule is CCC(C)C(=O)Nc1cccc(CNC(=NC)NCc2coc(-c3ccccc3)n2)c1. The lowest BCUT2D eigenvalue weighted by Crippen LogP contribution is -2.36. The van der Waals surface area contributed by atoms with Crippen LogP contribution in [0, 0.1) is 5.92 Å². The number of carbonyl (C=O) groups excluding carboxylic acids is 1. The van der Waals surface area contributed by atoms with E-state index in [1.807, 2.05) is 68.4 Å². The summed E-state index contributed by atoms with van der Waals surface area (Å²) in [6, 6.07) is 17.6. The highest BCUT2D eigenvalue weighted by Crippen LogP contribution is 2.17. The first-order valence-electron chi connectivity index (χ1n) is 10.4. The zero-order chi connectivity index (χ0) is 22.1. The van der Waals surface area contributed by atoms with Gasteiger partial charge in [-0.05, 0) is 36.2 Å². The molecule has 0 aliphatic rings. The molecule has 3 N–H and O–H groups in total. The number of anilines is 1. The lowest BCUT2D eigenvalue weighted by Gasteiger charge is -2.13. The molecule has 0 spiro atoms. The van der Waals surface area contributed by atoms with Crippen molar-refractivity contribution in [2.45, 2.75) is 33.4 Å². The first-order chi connectivity index (χ1) is 15.1. The molecule has 2 aromatic carbocycles. The molecule has 1 aromatic heterocycles. The number of oxazole rings is 1. The van der Waals surface area contributed by atoms with Crippen LogP contribution in [0.3, 0.4) is 0 Å². The summed E-state index contributed by atoms with van der Waals surface area (Å²) in [5.74, 6) is 1.27. The van der Waals surface area contributed by atoms with E-state index in [1.54, 1.807) is 13.3 Å². The standard InChI is InChI=1S/C24H29N5O2/c1-4-17(2)22(30)28-20-12-8-9-18(13-20)14-26-24(25-3)27-15-21-16-31-23(29-21)19-10-6-5-7-11-19/h5-13,16-17H,4,14-15H2,1-3H3,(H,28,30)(H2,25,26,27). The van der Waals surface area contributed by atoms with Crippen molar-refractivity contribution in [3.05, 3.63) is 72.1 Å². The fourth-order valence-electron chi connectivity index (χ4n) is 2.89. The van der Waals surface area contributed by atoms with E-state index in [9.17, 15) is 4.79 Å². The second-order valence-corrected chi connectivity index (χ2v) is 7.29. The van der Waals surface area contributed by atoms with Gasteiger partial charge in [0.05, 0.1) is 12.2 Å². The predicted molar refractivity (Wildman–Crippen MR) is 124 cm³/mol. The Labute approximate surface area is 183 Å². The molecule has 31 heavy (non-hydrogen) atoms. The van der Waals surface area contributed by atoms with Crippen molar-refractivity contribution in [3.8, 4) is 11.5 Å². The summed E-state index contributed by atoms with van der Waals surface area (Å²) in [6.45, 7) is 4.99. The lowest BCUT2D eigenvalue weighted by atomic mass is 10.1. The highest BCUT2D eigenvalue weighted by molar-refractivity contribution is 5.92. The van der Waals surface area contributed by atoms with Crippen LogP contribution in [0.4, 0.5) is 5.69 Å². The molecule has 162 valence electrons. The number of rotatable bonds is 8. The van der Waals surface area contributed by atoms with Crippen LogP contribution in [0.1, 0.15) is 31.5 Å². The smallest absolute Gasteiger partial charge is 0.227 e. The predicted octanol–water partition coefficient (Wildman–Crippen LogP) is 4.19. The maximum atomic E-state index is 12.1. The first-order valence-corrected chi connectivity index (χ1v) is 10.4. The summed E-state index contributed by atoms with van der Waals surface area (Å²) in [5, 5.41) is 9.48. The van der Waals surface area contributed by atoms with E-state index < -0.39 is 0 Å². The van der Waals surface area contributed by atoms with Crippen LogP contribution in [0.5, 0.6) is 0 Å². The average Bonchev–Trinajstić information content (AvgIpc) is 3.28. The minimum Gasteiger partial charge on any atom is -0.444 e. The van der Waals surface area contributed by atoms with E-state index in [1.165, 1.54) is 0 Å². The molecule has 0 bridgehead atoms. The highest BCUT2D eigenvalue weighted by atomic mass is 16.3. The van der Waals surface area contributed by atoms with Crippen molar-refractivity contribution < 1.29 is 9.21 Å². The zero-order valence-electron chi connectivity index (χ0n) is 18.2. The maximum absolute atomic E-state index is 12.1. The molecule has 7 nitrogen and oxygen atoms in total. The molecular weight excluding hydrogens is 390 g/mol. The highest BCUT2D eigenvalue weighted by Gasteiger charge is 2.11. The van der Waals surface area contributed by atoms with Crippen LogP contribution in [0.25, 0.3) is 11.5 Å². The van der Waals surface area contributed by atoms with Crippen LogP contribution >= 0.6 is 0 Å². The minimum atomic E-state index is -0.0104. The van der Waals surface area contributed by atoms with Crippen molar-refractivity contribution in [2.75, 3.05) is 12.4 Å². The summed E-state index contributed by atoms with van der Waals surface area (Å²) in [6.07, 6.45) is 2.46. The molecule has 1 unspecified atom stereocenters. The number of aliphatic imine (C=N–C) groups is 1. The van der Waals surface area contributed by atoms with E-state index in [0.29, 0.717) is 24.9 Å². The molecule has 0 fully saturated rings. The van der Waals surface area contributed by atoms with Crippen molar-refractivity contribution in [2.24, 2.45) is 10.9 Å². The van der Waals surface area contributed by atoms with Crippen molar-refractivity contribution in [1.82, 2.24) is 15.6 Å². The number of nitrogens with zero attached hydrogens (tertiary/aromatic N) is 2. The molecule has 3 rings (SSSR count). The van der Waals surface area contributed by atoms with Gasteiger partial charge >= 0.3 is 0 Å². The van der Waals surface area contributed by atoms with E-state index in [4.69, 9.17) is 4.42 Å². The van der Waals surface area contributed by atoms with Gasteiger partial charge in [0, 0.05) is 30.8 Å². The first kappa shape index (κ1) is 22.1. The van der Waals surface area contributed by atoms with Gasteiger partial charge in [-0.3, -0.25) is 9.79 Å². The molecule has 1 amide bonds. The van der Waals surface area contributed by atoms with Crippen molar-refractivity contribution in [3.63, 3.8) is 0 Å². The van der Waals surface area contributed by atoms with Gasteiger partial charge in [-0.25, -0.2) is 4.98 Å². The third-order valence-corrected chi connectivity index (χ3v) is 4.95. The zero-order valence-corrected chi connectivity index (χ0v) is 18.2. The number of benzene rings is 2. The van der Waals surface area contributed by atoms with Crippen molar-refractivity contribution >= 4 is 17.6 Å². The summed E-state index contributed by atoms with van der Waals surface area (Å²) < 4.78 is 5.57. The van der Waals surface area contributed by atoms with E-state index in [0.717, 1.165) is 28.9 Å². The van der Waals surface area contributed by atoms with Gasteiger partial charge in [0.25, 0.3) is 0 Å². The molecule has 3 aromatic rings. The summed E-state index contributed by atoms with van der Waals surface area (Å²) >= 11 is 0. The number of aromatic nitrogens is 1. The van der Waals surface area contributed by atoms with Crippen LogP contribution < -0.4 is 16.0 Å². The fourth-order valence-corrected chi connectivity index (χ4v) is 2.89. The van der Waals surface area contributed by atoms with Crippen LogP contribution in [0.2, 0.25) is 0 Å². The number of nitrogens with one attached hydrogen (secondary N) is 3. The van der Waals surface area contributed by atoms with Crippen LogP contribution in [-0.4, -0.2) is 23.9 Å². The normalized spacial score (nSPS) is 12.3. The summed E-state index contributed by atoms with van der Waals surface area (Å²) in [4.78, 5) is 20.9. The van der Waals surface area contributed by atoms with Gasteiger partial charge in [0.2, 0.25) is 11.8 Å². The molecule has 1 heterocycles. The average molecular weight is 420 g/mol. The molecule has 1 atom stereocenters. The molecular formula is C24H29N5O2. The number of carbonyl (C=O) groups is 1. The van der Waals surface area contributed by atoms with Gasteiger partial charge in [-0.1, -0.05) is 44.2 Å². The van der Waals surface area contributed by atoms with E-state index in [-0.39, 0.29) is 11.8 Å². The molecule has 0 aliphatic heterocycles. The van der Waals surface area contributed by atoms with Crippen LogP contribution in [-0.2, 0) is 17.9 Å². The van der Waals surface area contributed by atoms with E-state index >= 15 is 0 Å².